The monoisotopic (exact) mass is 264 g/mol. The first-order valence-electron chi connectivity index (χ1n) is 7.04. The molecule has 4 nitrogen and oxygen atoms in total. The van der Waals surface area contributed by atoms with Gasteiger partial charge in [-0.1, -0.05) is 6.92 Å². The van der Waals surface area contributed by atoms with Crippen LogP contribution in [0.15, 0.2) is 18.3 Å². The zero-order valence-electron chi connectivity index (χ0n) is 12.1. The molecule has 0 aromatic carbocycles. The van der Waals surface area contributed by atoms with E-state index < -0.39 is 0 Å². The summed E-state index contributed by atoms with van der Waals surface area (Å²) in [5, 5.41) is 9.48. The minimum Gasteiger partial charge on any atom is -0.396 e. The molecule has 1 aliphatic heterocycles. The molecule has 0 bridgehead atoms. The summed E-state index contributed by atoms with van der Waals surface area (Å²) >= 11 is 0. The maximum absolute atomic E-state index is 12.6. The number of amides is 1. The zero-order valence-corrected chi connectivity index (χ0v) is 12.1. The van der Waals surface area contributed by atoms with E-state index in [1.54, 1.807) is 0 Å². The van der Waals surface area contributed by atoms with Gasteiger partial charge in [-0.2, -0.15) is 0 Å². The Kier molecular flexibility index (Phi) is 3.99. The zero-order chi connectivity index (χ0) is 14.0. The van der Waals surface area contributed by atoms with Crippen molar-refractivity contribution >= 4 is 5.91 Å². The van der Waals surface area contributed by atoms with Gasteiger partial charge in [-0.3, -0.25) is 4.79 Å². The van der Waals surface area contributed by atoms with Crippen LogP contribution in [0.4, 0.5) is 0 Å². The number of nitrogens with zero attached hydrogens (tertiary/aromatic N) is 2. The fraction of sp³-hybridized carbons (Fsp3) is 0.667. The van der Waals surface area contributed by atoms with Gasteiger partial charge in [0.25, 0.3) is 5.91 Å². The molecule has 0 aliphatic carbocycles. The van der Waals surface area contributed by atoms with E-state index in [0.717, 1.165) is 25.1 Å². The van der Waals surface area contributed by atoms with Crippen LogP contribution < -0.4 is 0 Å². The third-order valence-corrected chi connectivity index (χ3v) is 4.00. The number of hydrogen-bond donors (Lipinski definition) is 1. The summed E-state index contributed by atoms with van der Waals surface area (Å²) < 4.78 is 2.01. The highest BCUT2D eigenvalue weighted by molar-refractivity contribution is 5.93. The summed E-state index contributed by atoms with van der Waals surface area (Å²) in [6.07, 6.45) is 3.90. The highest BCUT2D eigenvalue weighted by atomic mass is 16.3. The topological polar surface area (TPSA) is 45.5 Å². The molecule has 106 valence electrons. The summed E-state index contributed by atoms with van der Waals surface area (Å²) in [6.45, 7) is 7.77. The molecule has 2 rings (SSSR count). The molecule has 1 fully saturated rings. The van der Waals surface area contributed by atoms with Crippen LogP contribution in [0.25, 0.3) is 0 Å². The molecule has 1 atom stereocenters. The van der Waals surface area contributed by atoms with E-state index in [-0.39, 0.29) is 24.0 Å². The summed E-state index contributed by atoms with van der Waals surface area (Å²) in [5.74, 6) is 0.0816. The maximum atomic E-state index is 12.6. The Balaban J connectivity index is 2.17. The Hall–Kier alpha value is -1.29. The highest BCUT2D eigenvalue weighted by Crippen LogP contribution is 2.29. The van der Waals surface area contributed by atoms with E-state index in [9.17, 15) is 9.90 Å². The first-order valence-corrected chi connectivity index (χ1v) is 7.04. The lowest BCUT2D eigenvalue weighted by Gasteiger charge is -2.39. The first kappa shape index (κ1) is 14.1. The molecule has 1 aliphatic rings. The van der Waals surface area contributed by atoms with Crippen molar-refractivity contribution in [2.45, 2.75) is 39.7 Å². The van der Waals surface area contributed by atoms with E-state index in [2.05, 4.69) is 13.8 Å². The number of aliphatic hydroxyl groups excluding tert-OH is 1. The van der Waals surface area contributed by atoms with Crippen molar-refractivity contribution in [1.82, 2.24) is 9.47 Å². The maximum Gasteiger partial charge on any atom is 0.270 e. The minimum absolute atomic E-state index is 0.0816. The molecule has 2 heterocycles. The molecular formula is C15H24N2O2. The molecule has 1 unspecified atom stereocenters. The van der Waals surface area contributed by atoms with Crippen LogP contribution in [0.1, 0.15) is 50.1 Å². The lowest BCUT2D eigenvalue weighted by Crippen LogP contribution is -2.46. The van der Waals surface area contributed by atoms with Crippen molar-refractivity contribution in [3.8, 4) is 0 Å². The van der Waals surface area contributed by atoms with Gasteiger partial charge in [0.1, 0.15) is 5.69 Å². The Morgan fingerprint density at radius 1 is 1.53 bits per heavy atom. The molecule has 1 aromatic rings. The molecular weight excluding hydrogens is 240 g/mol. The van der Waals surface area contributed by atoms with Gasteiger partial charge in [0.2, 0.25) is 0 Å². The second-order valence-corrected chi connectivity index (χ2v) is 6.19. The van der Waals surface area contributed by atoms with Gasteiger partial charge in [-0.25, -0.2) is 0 Å². The number of piperidine rings is 1. The van der Waals surface area contributed by atoms with Gasteiger partial charge in [0.15, 0.2) is 0 Å². The smallest absolute Gasteiger partial charge is 0.270 e. The second kappa shape index (κ2) is 5.37. The number of aliphatic hydroxyl groups is 1. The fourth-order valence-corrected chi connectivity index (χ4v) is 2.81. The van der Waals surface area contributed by atoms with E-state index in [1.807, 2.05) is 34.7 Å². The van der Waals surface area contributed by atoms with Crippen LogP contribution in [-0.4, -0.2) is 40.2 Å². The van der Waals surface area contributed by atoms with Crippen LogP contribution in [-0.2, 0) is 0 Å². The van der Waals surface area contributed by atoms with Crippen molar-refractivity contribution in [2.75, 3.05) is 19.7 Å². The predicted molar refractivity (Wildman–Crippen MR) is 75.1 cm³/mol. The van der Waals surface area contributed by atoms with Crippen LogP contribution in [0.2, 0.25) is 0 Å². The molecule has 1 saturated heterocycles. The van der Waals surface area contributed by atoms with Crippen LogP contribution >= 0.6 is 0 Å². The van der Waals surface area contributed by atoms with Gasteiger partial charge in [-0.05, 0) is 38.8 Å². The average molecular weight is 264 g/mol. The van der Waals surface area contributed by atoms with Crippen LogP contribution in [0.3, 0.4) is 0 Å². The SMILES string of the molecule is CC(C)n1cccc1C(=O)N1CCCC(C)(CO)C1. The number of carbonyl (C=O) groups excluding carboxylic acids is 1. The molecule has 0 spiro atoms. The lowest BCUT2D eigenvalue weighted by atomic mass is 9.82. The minimum atomic E-state index is -0.150. The standard InChI is InChI=1S/C15H24N2O2/c1-12(2)17-9-4-6-13(17)14(19)16-8-5-7-15(3,10-16)11-18/h4,6,9,12,18H,5,7-8,10-11H2,1-3H3. The van der Waals surface area contributed by atoms with E-state index in [0.29, 0.717) is 6.54 Å². The van der Waals surface area contributed by atoms with E-state index >= 15 is 0 Å². The summed E-state index contributed by atoms with van der Waals surface area (Å²) in [5.41, 5.74) is 0.598. The van der Waals surface area contributed by atoms with Crippen molar-refractivity contribution in [2.24, 2.45) is 5.41 Å². The Labute approximate surface area is 115 Å². The third kappa shape index (κ3) is 2.84. The van der Waals surface area contributed by atoms with Gasteiger partial charge in [0.05, 0.1) is 6.61 Å². The number of aromatic nitrogens is 1. The van der Waals surface area contributed by atoms with E-state index in [4.69, 9.17) is 0 Å². The Morgan fingerprint density at radius 2 is 2.26 bits per heavy atom. The predicted octanol–water partition coefficient (Wildman–Crippen LogP) is 2.30. The second-order valence-electron chi connectivity index (χ2n) is 6.19. The number of likely N-dealkylation sites (tertiary alicyclic amines) is 1. The van der Waals surface area contributed by atoms with Gasteiger partial charge in [-0.15, -0.1) is 0 Å². The normalized spacial score (nSPS) is 23.9. The largest absolute Gasteiger partial charge is 0.396 e. The van der Waals surface area contributed by atoms with Crippen LogP contribution in [0, 0.1) is 5.41 Å². The fourth-order valence-electron chi connectivity index (χ4n) is 2.81. The van der Waals surface area contributed by atoms with Crippen LogP contribution in [0.5, 0.6) is 0 Å². The number of carbonyl (C=O) groups is 1. The first-order chi connectivity index (χ1) is 8.97. The van der Waals surface area contributed by atoms with Crippen molar-refractivity contribution < 1.29 is 9.90 Å². The average Bonchev–Trinajstić information content (AvgIpc) is 2.87. The quantitative estimate of drug-likeness (QED) is 0.910. The highest BCUT2D eigenvalue weighted by Gasteiger charge is 2.33. The van der Waals surface area contributed by atoms with Crippen molar-refractivity contribution in [1.29, 1.82) is 0 Å². The van der Waals surface area contributed by atoms with Crippen molar-refractivity contribution in [3.63, 3.8) is 0 Å². The van der Waals surface area contributed by atoms with Gasteiger partial charge < -0.3 is 14.6 Å². The number of rotatable bonds is 3. The van der Waals surface area contributed by atoms with Gasteiger partial charge >= 0.3 is 0 Å². The Morgan fingerprint density at radius 3 is 2.89 bits per heavy atom. The third-order valence-electron chi connectivity index (χ3n) is 4.00. The summed E-state index contributed by atoms with van der Waals surface area (Å²) in [6, 6.07) is 4.08. The van der Waals surface area contributed by atoms with Crippen molar-refractivity contribution in [3.05, 3.63) is 24.0 Å². The molecule has 4 heteroatoms. The number of hydrogen-bond acceptors (Lipinski definition) is 2. The summed E-state index contributed by atoms with van der Waals surface area (Å²) in [7, 11) is 0. The molecule has 1 N–H and O–H groups in total. The lowest BCUT2D eigenvalue weighted by molar-refractivity contribution is 0.0349. The molecule has 0 radical (unpaired) electrons. The molecule has 1 amide bonds. The van der Waals surface area contributed by atoms with E-state index in [1.165, 1.54) is 0 Å². The summed E-state index contributed by atoms with van der Waals surface area (Å²) in [4.78, 5) is 14.5. The molecule has 1 aromatic heterocycles. The molecule has 0 saturated carbocycles. The molecule has 19 heavy (non-hydrogen) atoms. The van der Waals surface area contributed by atoms with Gasteiger partial charge in [0, 0.05) is 30.7 Å². The Bertz CT molecular complexity index is 453.